The van der Waals surface area contributed by atoms with E-state index in [-0.39, 0.29) is 5.97 Å². The summed E-state index contributed by atoms with van der Waals surface area (Å²) in [5.41, 5.74) is 4.71. The lowest BCUT2D eigenvalue weighted by molar-refractivity contribution is 0.0525. The molecule has 1 aromatic carbocycles. The highest BCUT2D eigenvalue weighted by Crippen LogP contribution is 2.31. The van der Waals surface area contributed by atoms with Crippen LogP contribution in [-0.4, -0.2) is 17.6 Å². The second kappa shape index (κ2) is 6.08. The first-order chi connectivity index (χ1) is 10.3. The molecule has 0 saturated carbocycles. The third-order valence-electron chi connectivity index (χ3n) is 3.93. The number of hydrogen-bond donors (Lipinski definition) is 0. The molecule has 108 valence electrons. The van der Waals surface area contributed by atoms with E-state index >= 15 is 0 Å². The number of carbonyl (C=O) groups excluding carboxylic acids is 1. The SMILES string of the molecule is CCOC(=O)c1c(-c2ccccc2)ncc2c1CCCC2. The van der Waals surface area contributed by atoms with Gasteiger partial charge in [0.05, 0.1) is 17.9 Å². The van der Waals surface area contributed by atoms with Crippen molar-refractivity contribution in [2.24, 2.45) is 0 Å². The lowest BCUT2D eigenvalue weighted by Crippen LogP contribution is -2.16. The van der Waals surface area contributed by atoms with E-state index in [1.807, 2.05) is 43.5 Å². The van der Waals surface area contributed by atoms with Gasteiger partial charge in [0.1, 0.15) is 0 Å². The van der Waals surface area contributed by atoms with Gasteiger partial charge < -0.3 is 4.74 Å². The van der Waals surface area contributed by atoms with Crippen LogP contribution in [0.15, 0.2) is 36.5 Å². The van der Waals surface area contributed by atoms with Crippen molar-refractivity contribution >= 4 is 5.97 Å². The third-order valence-corrected chi connectivity index (χ3v) is 3.93. The number of pyridine rings is 1. The van der Waals surface area contributed by atoms with E-state index in [0.717, 1.165) is 36.1 Å². The maximum Gasteiger partial charge on any atom is 0.340 e. The lowest BCUT2D eigenvalue weighted by atomic mass is 9.87. The van der Waals surface area contributed by atoms with Gasteiger partial charge in [0.15, 0.2) is 0 Å². The Morgan fingerprint density at radius 2 is 1.95 bits per heavy atom. The Labute approximate surface area is 125 Å². The molecule has 0 atom stereocenters. The van der Waals surface area contributed by atoms with Gasteiger partial charge in [-0.15, -0.1) is 0 Å². The van der Waals surface area contributed by atoms with E-state index in [9.17, 15) is 4.79 Å². The molecule has 3 nitrogen and oxygen atoms in total. The number of carbonyl (C=O) groups is 1. The number of ether oxygens (including phenoxy) is 1. The van der Waals surface area contributed by atoms with Crippen LogP contribution in [0.25, 0.3) is 11.3 Å². The molecule has 3 heteroatoms. The standard InChI is InChI=1S/C18H19NO2/c1-2-21-18(20)16-15-11-7-6-10-14(15)12-19-17(16)13-8-4-3-5-9-13/h3-5,8-9,12H,2,6-7,10-11H2,1H3. The van der Waals surface area contributed by atoms with E-state index in [0.29, 0.717) is 12.2 Å². The first kappa shape index (κ1) is 13.8. The fourth-order valence-corrected chi connectivity index (χ4v) is 2.94. The summed E-state index contributed by atoms with van der Waals surface area (Å²) in [6.07, 6.45) is 6.16. The number of aryl methyl sites for hydroxylation is 1. The lowest BCUT2D eigenvalue weighted by Gasteiger charge is -2.20. The zero-order valence-corrected chi connectivity index (χ0v) is 12.3. The summed E-state index contributed by atoms with van der Waals surface area (Å²) in [5.74, 6) is -0.248. The maximum absolute atomic E-state index is 12.4. The minimum absolute atomic E-state index is 0.248. The molecule has 2 aromatic rings. The van der Waals surface area contributed by atoms with E-state index < -0.39 is 0 Å². The Morgan fingerprint density at radius 1 is 1.19 bits per heavy atom. The van der Waals surface area contributed by atoms with Gasteiger partial charge in [0, 0.05) is 11.8 Å². The number of esters is 1. The van der Waals surface area contributed by atoms with Crippen molar-refractivity contribution in [3.8, 4) is 11.3 Å². The fraction of sp³-hybridized carbons (Fsp3) is 0.333. The highest BCUT2D eigenvalue weighted by Gasteiger charge is 2.24. The van der Waals surface area contributed by atoms with Crippen LogP contribution < -0.4 is 0 Å². The monoisotopic (exact) mass is 281 g/mol. The highest BCUT2D eigenvalue weighted by molar-refractivity contribution is 5.98. The van der Waals surface area contributed by atoms with Crippen LogP contribution in [0, 0.1) is 0 Å². The fourth-order valence-electron chi connectivity index (χ4n) is 2.94. The summed E-state index contributed by atoms with van der Waals surface area (Å²) >= 11 is 0. The largest absolute Gasteiger partial charge is 0.462 e. The molecular weight excluding hydrogens is 262 g/mol. The van der Waals surface area contributed by atoms with Crippen LogP contribution in [0.2, 0.25) is 0 Å². The van der Waals surface area contributed by atoms with Crippen LogP contribution in [-0.2, 0) is 17.6 Å². The summed E-state index contributed by atoms with van der Waals surface area (Å²) < 4.78 is 5.28. The topological polar surface area (TPSA) is 39.2 Å². The Morgan fingerprint density at radius 3 is 2.71 bits per heavy atom. The second-order valence-corrected chi connectivity index (χ2v) is 5.28. The molecule has 0 unspecified atom stereocenters. The maximum atomic E-state index is 12.4. The van der Waals surface area contributed by atoms with Crippen molar-refractivity contribution in [2.45, 2.75) is 32.6 Å². The normalized spacial score (nSPS) is 13.6. The zero-order chi connectivity index (χ0) is 14.7. The van der Waals surface area contributed by atoms with Crippen molar-refractivity contribution < 1.29 is 9.53 Å². The predicted molar refractivity (Wildman–Crippen MR) is 82.3 cm³/mol. The summed E-state index contributed by atoms with van der Waals surface area (Å²) in [6, 6.07) is 9.86. The van der Waals surface area contributed by atoms with Gasteiger partial charge in [0.2, 0.25) is 0 Å². The Hall–Kier alpha value is -2.16. The highest BCUT2D eigenvalue weighted by atomic mass is 16.5. The van der Waals surface area contributed by atoms with Gasteiger partial charge in [-0.25, -0.2) is 4.79 Å². The molecule has 1 aromatic heterocycles. The van der Waals surface area contributed by atoms with Gasteiger partial charge in [-0.05, 0) is 43.7 Å². The summed E-state index contributed by atoms with van der Waals surface area (Å²) in [7, 11) is 0. The molecule has 21 heavy (non-hydrogen) atoms. The van der Waals surface area contributed by atoms with Gasteiger partial charge in [-0.1, -0.05) is 30.3 Å². The number of aromatic nitrogens is 1. The molecular formula is C18H19NO2. The van der Waals surface area contributed by atoms with Gasteiger partial charge in [-0.2, -0.15) is 0 Å². The van der Waals surface area contributed by atoms with E-state index in [4.69, 9.17) is 4.74 Å². The first-order valence-corrected chi connectivity index (χ1v) is 7.54. The molecule has 3 rings (SSSR count). The van der Waals surface area contributed by atoms with Gasteiger partial charge >= 0.3 is 5.97 Å². The Kier molecular flexibility index (Phi) is 4.00. The van der Waals surface area contributed by atoms with Crippen molar-refractivity contribution in [3.05, 3.63) is 53.2 Å². The molecule has 0 N–H and O–H groups in total. The van der Waals surface area contributed by atoms with Crippen molar-refractivity contribution in [1.29, 1.82) is 0 Å². The molecule has 1 heterocycles. The molecule has 0 saturated heterocycles. The zero-order valence-electron chi connectivity index (χ0n) is 12.3. The summed E-state index contributed by atoms with van der Waals surface area (Å²) in [4.78, 5) is 17.0. The number of fused-ring (bicyclic) bond motifs is 1. The van der Waals surface area contributed by atoms with Gasteiger partial charge in [-0.3, -0.25) is 4.98 Å². The molecule has 0 spiro atoms. The van der Waals surface area contributed by atoms with Crippen molar-refractivity contribution in [2.75, 3.05) is 6.61 Å². The van der Waals surface area contributed by atoms with Gasteiger partial charge in [0.25, 0.3) is 0 Å². The average molecular weight is 281 g/mol. The van der Waals surface area contributed by atoms with E-state index in [1.54, 1.807) is 0 Å². The number of nitrogens with zero attached hydrogens (tertiary/aromatic N) is 1. The van der Waals surface area contributed by atoms with Crippen LogP contribution in [0.5, 0.6) is 0 Å². The predicted octanol–water partition coefficient (Wildman–Crippen LogP) is 3.80. The molecule has 0 bridgehead atoms. The van der Waals surface area contributed by atoms with E-state index in [1.165, 1.54) is 12.0 Å². The van der Waals surface area contributed by atoms with Crippen LogP contribution in [0.3, 0.4) is 0 Å². The first-order valence-electron chi connectivity index (χ1n) is 7.54. The second-order valence-electron chi connectivity index (χ2n) is 5.28. The summed E-state index contributed by atoms with van der Waals surface area (Å²) in [5, 5.41) is 0. The Bertz CT molecular complexity index is 650. The minimum atomic E-state index is -0.248. The molecule has 1 aliphatic rings. The number of rotatable bonds is 3. The Balaban J connectivity index is 2.17. The molecule has 1 aliphatic carbocycles. The number of benzene rings is 1. The number of hydrogen-bond acceptors (Lipinski definition) is 3. The molecule has 0 aliphatic heterocycles. The smallest absolute Gasteiger partial charge is 0.340 e. The summed E-state index contributed by atoms with van der Waals surface area (Å²) in [6.45, 7) is 2.22. The van der Waals surface area contributed by atoms with Crippen LogP contribution >= 0.6 is 0 Å². The average Bonchev–Trinajstić information content (AvgIpc) is 2.54. The molecule has 0 radical (unpaired) electrons. The quantitative estimate of drug-likeness (QED) is 0.803. The molecule has 0 fully saturated rings. The van der Waals surface area contributed by atoms with E-state index in [2.05, 4.69) is 4.98 Å². The molecule has 0 amide bonds. The third kappa shape index (κ3) is 2.68. The van der Waals surface area contributed by atoms with Crippen molar-refractivity contribution in [3.63, 3.8) is 0 Å². The van der Waals surface area contributed by atoms with Crippen LogP contribution in [0.1, 0.15) is 41.3 Å². The van der Waals surface area contributed by atoms with Crippen molar-refractivity contribution in [1.82, 2.24) is 4.98 Å². The van der Waals surface area contributed by atoms with Crippen LogP contribution in [0.4, 0.5) is 0 Å². The minimum Gasteiger partial charge on any atom is -0.462 e.